The fourth-order valence-electron chi connectivity index (χ4n) is 8.23. The Morgan fingerprint density at radius 1 is 0.558 bits per heavy atom. The summed E-state index contributed by atoms with van der Waals surface area (Å²) in [6.07, 6.45) is 1.57. The Balaban J connectivity index is 0.0000156. The van der Waals surface area contributed by atoms with Gasteiger partial charge in [-0.2, -0.15) is 0 Å². The number of nitrogens with zero attached hydrogens (tertiary/aromatic N) is 5. The molecule has 12 N–H and O–H groups in total. The van der Waals surface area contributed by atoms with Crippen LogP contribution in [0.1, 0.15) is 60.9 Å². The predicted octanol–water partition coefficient (Wildman–Crippen LogP) is -0.368. The molecule has 0 bridgehead atoms. The van der Waals surface area contributed by atoms with Crippen molar-refractivity contribution < 1.29 is 115 Å². The first kappa shape index (κ1) is 64.5. The minimum atomic E-state index is -1.57. The number of carbonyl (C=O) groups excluding carboxylic acids is 4. The summed E-state index contributed by atoms with van der Waals surface area (Å²) < 4.78 is 0. The number of rotatable bonds is 27. The number of fused-ring (bicyclic) bond motifs is 1. The van der Waals surface area contributed by atoms with Crippen molar-refractivity contribution >= 4 is 76.2 Å². The molecule has 2 heterocycles. The third kappa shape index (κ3) is 25.3. The molecular formula is C49H67LuN11O16. The second-order valence-corrected chi connectivity index (χ2v) is 18.1. The number of nitrogens with one attached hydrogen (secondary N) is 6. The summed E-state index contributed by atoms with van der Waals surface area (Å²) in [7, 11) is 0. The summed E-state index contributed by atoms with van der Waals surface area (Å²) in [6.45, 7) is 1.65. The van der Waals surface area contributed by atoms with Crippen molar-refractivity contribution in [2.75, 3.05) is 90.5 Å². The number of carboxylic acid groups (broad SMARTS) is 6. The van der Waals surface area contributed by atoms with Crippen molar-refractivity contribution in [1.82, 2.24) is 51.3 Å². The number of unbranched alkanes of at least 4 members (excludes halogenated alkanes) is 1. The van der Waals surface area contributed by atoms with Gasteiger partial charge in [0, 0.05) is 108 Å². The molecule has 5 amide bonds. The molecule has 0 saturated carbocycles. The Morgan fingerprint density at radius 2 is 1.09 bits per heavy atom. The topological polar surface area (TPSA) is 390 Å². The van der Waals surface area contributed by atoms with E-state index in [0.29, 0.717) is 39.0 Å². The zero-order valence-electron chi connectivity index (χ0n) is 42.1. The molecule has 429 valence electrons. The molecule has 2 aromatic carbocycles. The Labute approximate surface area is 472 Å². The zero-order valence-corrected chi connectivity index (χ0v) is 43.8. The van der Waals surface area contributed by atoms with Crippen LogP contribution in [0.5, 0.6) is 0 Å². The van der Waals surface area contributed by atoms with Gasteiger partial charge in [0.25, 0.3) is 11.8 Å². The number of amides is 5. The third-order valence-electron chi connectivity index (χ3n) is 12.1. The monoisotopic (exact) mass is 1240 g/mol. The van der Waals surface area contributed by atoms with E-state index in [-0.39, 0.29) is 133 Å². The van der Waals surface area contributed by atoms with Gasteiger partial charge in [0.05, 0.1) is 31.7 Å². The van der Waals surface area contributed by atoms with E-state index in [1.165, 1.54) is 18.3 Å². The van der Waals surface area contributed by atoms with Crippen LogP contribution in [0.25, 0.3) is 10.8 Å². The molecule has 3 aromatic rings. The van der Waals surface area contributed by atoms with Crippen molar-refractivity contribution in [2.24, 2.45) is 0 Å². The van der Waals surface area contributed by atoms with Crippen LogP contribution >= 0.6 is 0 Å². The maximum atomic E-state index is 13.7. The molecule has 4 rings (SSSR count). The number of aromatic nitrogens is 1. The summed E-state index contributed by atoms with van der Waals surface area (Å²) in [5.41, 5.74) is 6.09. The molecule has 1 radical (unpaired) electrons. The van der Waals surface area contributed by atoms with Crippen molar-refractivity contribution in [2.45, 2.75) is 69.5 Å². The van der Waals surface area contributed by atoms with Crippen LogP contribution in [0, 0.1) is 36.9 Å². The zero-order chi connectivity index (χ0) is 55.6. The molecule has 3 unspecified atom stereocenters. The van der Waals surface area contributed by atoms with Gasteiger partial charge in [-0.15, -0.1) is 0 Å². The molecule has 0 spiro atoms. The Kier molecular flexibility index (Phi) is 28.6. The molecule has 3 atom stereocenters. The number of urea groups is 1. The molecular weight excluding hydrogens is 1170 g/mol. The summed E-state index contributed by atoms with van der Waals surface area (Å²) in [4.78, 5) is 133. The predicted molar refractivity (Wildman–Crippen MR) is 271 cm³/mol. The van der Waals surface area contributed by atoms with Crippen molar-refractivity contribution in [3.63, 3.8) is 0 Å². The molecule has 1 fully saturated rings. The number of carboxylic acids is 6. The Morgan fingerprint density at radius 3 is 1.60 bits per heavy atom. The molecule has 0 aliphatic carbocycles. The van der Waals surface area contributed by atoms with Gasteiger partial charge in [0.2, 0.25) is 5.91 Å². The van der Waals surface area contributed by atoms with Crippen LogP contribution in [0.3, 0.4) is 0 Å². The summed E-state index contributed by atoms with van der Waals surface area (Å²) in [6, 6.07) is 10.8. The quantitative estimate of drug-likeness (QED) is 0.0342. The van der Waals surface area contributed by atoms with E-state index in [0.717, 1.165) is 16.3 Å². The Hall–Kier alpha value is -6.78. The molecule has 1 aliphatic heterocycles. The van der Waals surface area contributed by atoms with Crippen molar-refractivity contribution in [3.05, 3.63) is 71.9 Å². The third-order valence-corrected chi connectivity index (χ3v) is 12.1. The molecule has 1 saturated heterocycles. The first-order valence-corrected chi connectivity index (χ1v) is 24.6. The normalized spacial score (nSPS) is 15.4. The average molecular weight is 1240 g/mol. The largest absolute Gasteiger partial charge is 0.481 e. The number of pyridine rings is 1. The van der Waals surface area contributed by atoms with E-state index >= 15 is 0 Å². The van der Waals surface area contributed by atoms with E-state index in [9.17, 15) is 73.5 Å². The number of hydrazine groups is 1. The molecule has 77 heavy (non-hydrogen) atoms. The number of hydrogen-bond acceptors (Lipinski definition) is 16. The minimum absolute atomic E-state index is 0. The van der Waals surface area contributed by atoms with Gasteiger partial charge in [0.15, 0.2) is 0 Å². The fourth-order valence-corrected chi connectivity index (χ4v) is 8.23. The number of aliphatic carboxylic acids is 6. The summed E-state index contributed by atoms with van der Waals surface area (Å²) in [5, 5.41) is 68.0. The van der Waals surface area contributed by atoms with Gasteiger partial charge in [-0.3, -0.25) is 64.0 Å². The van der Waals surface area contributed by atoms with Crippen LogP contribution in [-0.4, -0.2) is 218 Å². The smallest absolute Gasteiger partial charge is 0.326 e. The second-order valence-electron chi connectivity index (χ2n) is 18.1. The van der Waals surface area contributed by atoms with Gasteiger partial charge in [0.1, 0.15) is 23.9 Å². The van der Waals surface area contributed by atoms with Gasteiger partial charge < -0.3 is 51.9 Å². The molecule has 27 nitrogen and oxygen atoms in total. The van der Waals surface area contributed by atoms with E-state index in [4.69, 9.17) is 5.11 Å². The van der Waals surface area contributed by atoms with Gasteiger partial charge >= 0.3 is 41.8 Å². The summed E-state index contributed by atoms with van der Waals surface area (Å²) in [5.74, 6) is -8.82. The summed E-state index contributed by atoms with van der Waals surface area (Å²) >= 11 is 0. The van der Waals surface area contributed by atoms with Gasteiger partial charge in [-0.05, 0) is 73.5 Å². The van der Waals surface area contributed by atoms with Crippen molar-refractivity contribution in [1.29, 1.82) is 0 Å². The Bertz CT molecular complexity index is 2490. The van der Waals surface area contributed by atoms with E-state index in [2.05, 4.69) is 37.1 Å². The first-order valence-electron chi connectivity index (χ1n) is 24.6. The van der Waals surface area contributed by atoms with Crippen LogP contribution in [-0.2, 0) is 44.8 Å². The SMILES string of the molecule is O=C(O)CCC(NC(=O)NC(CCCCNC(=O)C(Cc1ccc2ccccc2c1)NC(=O)c1ccc(NNC(=O)CN2CCCN(CC(=O)O)CCN(CC(=O)O)CCCN(CC(=O)O)CC2)nc1)C(=O)O)C(=O)O.[Lu]. The number of hydrogen-bond donors (Lipinski definition) is 12. The average Bonchev–Trinajstić information content (AvgIpc) is 3.35. The van der Waals surface area contributed by atoms with Gasteiger partial charge in [-0.25, -0.2) is 19.4 Å². The van der Waals surface area contributed by atoms with E-state index in [1.54, 1.807) is 14.7 Å². The number of carbonyl (C=O) groups is 10. The molecule has 1 aliphatic rings. The maximum Gasteiger partial charge on any atom is 0.326 e. The van der Waals surface area contributed by atoms with Crippen LogP contribution in [0.15, 0.2) is 60.8 Å². The maximum absolute atomic E-state index is 13.7. The fraction of sp³-hybridized carbons (Fsp3) is 0.490. The number of benzene rings is 2. The molecule has 28 heteroatoms. The number of anilines is 1. The van der Waals surface area contributed by atoms with E-state index < -0.39 is 90.5 Å². The first-order chi connectivity index (χ1) is 36.2. The second kappa shape index (κ2) is 34.1. The van der Waals surface area contributed by atoms with Gasteiger partial charge in [-0.1, -0.05) is 42.5 Å². The van der Waals surface area contributed by atoms with Crippen LogP contribution in [0.4, 0.5) is 10.6 Å². The van der Waals surface area contributed by atoms with Crippen LogP contribution < -0.4 is 32.1 Å². The van der Waals surface area contributed by atoms with Crippen LogP contribution in [0.2, 0.25) is 0 Å². The standard InChI is InChI=1S/C49H67N11O16.Lu/c61-40(28-57-17-5-18-59(30-43(66)67)23-24-60(31-44(68)69)20-6-19-58(22-21-57)29-42(64)65)56-55-39-14-12-35(27-51-39)45(70)52-38(26-32-10-11-33-7-1-2-8-34(33)25-32)46(71)50-16-4-3-9-36(47(72)73)53-49(76)54-37(48(74)75)13-15-41(62)63;/h1-2,7-8,10-12,14,25,27,36-38H,3-6,9,13,15-24,26,28-31H2,(H,50,71)(H,51,55)(H,52,70)(H,56,61)(H,62,63)(H,64,65)(H,66,67)(H,68,69)(H,72,73)(H,74,75)(H2,53,54,76);. The minimum Gasteiger partial charge on any atom is -0.481 e. The van der Waals surface area contributed by atoms with E-state index in [1.807, 2.05) is 47.4 Å². The molecule has 1 aromatic heterocycles. The van der Waals surface area contributed by atoms with Crippen molar-refractivity contribution in [3.8, 4) is 0 Å².